The lowest BCUT2D eigenvalue weighted by atomic mass is 9.93. The molecule has 0 saturated carbocycles. The maximum Gasteiger partial charge on any atom is 0.355 e. The largest absolute Gasteiger partial charge is 0.493 e. The zero-order chi connectivity index (χ0) is 16.6. The van der Waals surface area contributed by atoms with Crippen LogP contribution in [-0.2, 0) is 12.8 Å². The van der Waals surface area contributed by atoms with Crippen molar-refractivity contribution >= 4 is 21.9 Å². The van der Waals surface area contributed by atoms with Crippen molar-refractivity contribution in [2.45, 2.75) is 33.1 Å². The van der Waals surface area contributed by atoms with Gasteiger partial charge in [0, 0.05) is 11.3 Å². The number of halogens is 1. The molecule has 0 spiro atoms. The molecule has 120 valence electrons. The van der Waals surface area contributed by atoms with Gasteiger partial charge in [0.05, 0.1) is 11.1 Å². The molecule has 1 aromatic carbocycles. The van der Waals surface area contributed by atoms with Crippen LogP contribution in [0.1, 0.15) is 40.7 Å². The fourth-order valence-electron chi connectivity index (χ4n) is 3.11. The molecule has 0 radical (unpaired) electrons. The number of carboxylic acid groups (broad SMARTS) is 1. The Bertz CT molecular complexity index is 786. The number of ether oxygens (including phenoxy) is 1. The quantitative estimate of drug-likeness (QED) is 0.863. The topological polar surface area (TPSA) is 59.4 Å². The van der Waals surface area contributed by atoms with Crippen LogP contribution in [-0.4, -0.2) is 22.7 Å². The van der Waals surface area contributed by atoms with Crippen LogP contribution >= 0.6 is 15.9 Å². The minimum Gasteiger partial charge on any atom is -0.493 e. The number of benzene rings is 1. The molecule has 0 bridgehead atoms. The predicted molar refractivity (Wildman–Crippen MR) is 92.3 cm³/mol. The van der Waals surface area contributed by atoms with Gasteiger partial charge >= 0.3 is 5.97 Å². The SMILES string of the molecule is CCc1c(C)nc(C(=O)O)c(Br)c1-c1ccc2c(c1)CCCO2. The van der Waals surface area contributed by atoms with E-state index in [2.05, 4.69) is 33.9 Å². The average molecular weight is 376 g/mol. The maximum atomic E-state index is 11.5. The van der Waals surface area contributed by atoms with Crippen molar-refractivity contribution in [1.82, 2.24) is 4.98 Å². The molecular formula is C18H18BrNO3. The van der Waals surface area contributed by atoms with Crippen molar-refractivity contribution in [1.29, 1.82) is 0 Å². The number of aromatic nitrogens is 1. The summed E-state index contributed by atoms with van der Waals surface area (Å²) in [7, 11) is 0. The molecule has 4 nitrogen and oxygen atoms in total. The number of hydrogen-bond donors (Lipinski definition) is 1. The first-order valence-electron chi connectivity index (χ1n) is 7.71. The minimum atomic E-state index is -1.02. The Kier molecular flexibility index (Phi) is 4.39. The Labute approximate surface area is 143 Å². The van der Waals surface area contributed by atoms with Crippen molar-refractivity contribution in [3.05, 3.63) is 45.2 Å². The van der Waals surface area contributed by atoms with Gasteiger partial charge in [-0.05, 0) is 70.9 Å². The summed E-state index contributed by atoms with van der Waals surface area (Å²) in [4.78, 5) is 15.7. The lowest BCUT2D eigenvalue weighted by molar-refractivity contribution is 0.0689. The lowest BCUT2D eigenvalue weighted by Gasteiger charge is -2.20. The van der Waals surface area contributed by atoms with E-state index in [0.717, 1.165) is 54.0 Å². The third kappa shape index (κ3) is 2.85. The molecule has 23 heavy (non-hydrogen) atoms. The highest BCUT2D eigenvalue weighted by Crippen LogP contribution is 2.38. The summed E-state index contributed by atoms with van der Waals surface area (Å²) >= 11 is 3.47. The summed E-state index contributed by atoms with van der Waals surface area (Å²) in [5.41, 5.74) is 4.99. The Morgan fingerprint density at radius 3 is 2.91 bits per heavy atom. The summed E-state index contributed by atoms with van der Waals surface area (Å²) in [6.07, 6.45) is 2.78. The number of hydrogen-bond acceptors (Lipinski definition) is 3. The van der Waals surface area contributed by atoms with Crippen LogP contribution < -0.4 is 4.74 Å². The molecule has 2 aromatic rings. The van der Waals surface area contributed by atoms with E-state index in [4.69, 9.17) is 4.74 Å². The number of fused-ring (bicyclic) bond motifs is 1. The first-order valence-corrected chi connectivity index (χ1v) is 8.50. The second-order valence-corrected chi connectivity index (χ2v) is 6.44. The molecule has 1 N–H and O–H groups in total. The van der Waals surface area contributed by atoms with Gasteiger partial charge in [-0.3, -0.25) is 0 Å². The summed E-state index contributed by atoms with van der Waals surface area (Å²) in [5.74, 6) is -0.0939. The molecule has 0 aliphatic carbocycles. The fourth-order valence-corrected chi connectivity index (χ4v) is 3.83. The minimum absolute atomic E-state index is 0.0590. The number of carboxylic acids is 1. The van der Waals surface area contributed by atoms with Gasteiger partial charge in [0.25, 0.3) is 0 Å². The third-order valence-corrected chi connectivity index (χ3v) is 4.97. The fraction of sp³-hybridized carbons (Fsp3) is 0.333. The van der Waals surface area contributed by atoms with E-state index >= 15 is 0 Å². The molecule has 2 heterocycles. The molecule has 0 fully saturated rings. The lowest BCUT2D eigenvalue weighted by Crippen LogP contribution is -2.10. The highest BCUT2D eigenvalue weighted by molar-refractivity contribution is 9.10. The smallest absolute Gasteiger partial charge is 0.355 e. The zero-order valence-electron chi connectivity index (χ0n) is 13.1. The van der Waals surface area contributed by atoms with E-state index < -0.39 is 5.97 Å². The van der Waals surface area contributed by atoms with E-state index in [1.165, 1.54) is 5.56 Å². The van der Waals surface area contributed by atoms with Gasteiger partial charge in [-0.1, -0.05) is 13.0 Å². The van der Waals surface area contributed by atoms with Gasteiger partial charge in [-0.2, -0.15) is 0 Å². The Balaban J connectivity index is 2.24. The predicted octanol–water partition coefficient (Wildman–Crippen LogP) is 4.41. The van der Waals surface area contributed by atoms with Crippen LogP contribution in [0.15, 0.2) is 22.7 Å². The second-order valence-electron chi connectivity index (χ2n) is 5.65. The molecule has 5 heteroatoms. The molecule has 0 unspecified atom stereocenters. The Morgan fingerprint density at radius 2 is 2.22 bits per heavy atom. The van der Waals surface area contributed by atoms with E-state index in [0.29, 0.717) is 4.47 Å². The van der Waals surface area contributed by atoms with E-state index in [1.54, 1.807) is 0 Å². The van der Waals surface area contributed by atoms with Gasteiger partial charge in [0.1, 0.15) is 5.75 Å². The molecule has 0 saturated heterocycles. The number of carbonyl (C=O) groups is 1. The molecule has 0 atom stereocenters. The Morgan fingerprint density at radius 1 is 1.43 bits per heavy atom. The average Bonchev–Trinajstić information content (AvgIpc) is 2.55. The molecule has 1 aliphatic heterocycles. The van der Waals surface area contributed by atoms with Crippen molar-refractivity contribution in [2.24, 2.45) is 0 Å². The van der Waals surface area contributed by atoms with E-state index in [1.807, 2.05) is 19.1 Å². The van der Waals surface area contributed by atoms with E-state index in [-0.39, 0.29) is 5.69 Å². The number of pyridine rings is 1. The normalized spacial score (nSPS) is 13.3. The Hall–Kier alpha value is -1.88. The maximum absolute atomic E-state index is 11.5. The van der Waals surface area contributed by atoms with Crippen LogP contribution in [0, 0.1) is 6.92 Å². The van der Waals surface area contributed by atoms with Crippen LogP contribution in [0.2, 0.25) is 0 Å². The standard InChI is InChI=1S/C18H18BrNO3/c1-3-13-10(2)20-17(18(21)22)16(19)15(13)12-6-7-14-11(9-12)5-4-8-23-14/h6-7,9H,3-5,8H2,1-2H3,(H,21,22). The summed E-state index contributed by atoms with van der Waals surface area (Å²) in [6.45, 7) is 4.68. The van der Waals surface area contributed by atoms with Crippen molar-refractivity contribution in [2.75, 3.05) is 6.61 Å². The van der Waals surface area contributed by atoms with Gasteiger partial charge in [-0.15, -0.1) is 0 Å². The highest BCUT2D eigenvalue weighted by atomic mass is 79.9. The number of aromatic carboxylic acids is 1. The molecule has 1 aromatic heterocycles. The van der Waals surface area contributed by atoms with Crippen molar-refractivity contribution in [3.8, 4) is 16.9 Å². The van der Waals surface area contributed by atoms with Crippen molar-refractivity contribution < 1.29 is 14.6 Å². The monoisotopic (exact) mass is 375 g/mol. The molecular weight excluding hydrogens is 358 g/mol. The summed E-state index contributed by atoms with van der Waals surface area (Å²) < 4.78 is 6.21. The highest BCUT2D eigenvalue weighted by Gasteiger charge is 2.21. The molecule has 0 amide bonds. The van der Waals surface area contributed by atoms with Gasteiger partial charge < -0.3 is 9.84 Å². The summed E-state index contributed by atoms with van der Waals surface area (Å²) in [5, 5.41) is 9.40. The van der Waals surface area contributed by atoms with Crippen LogP contribution in [0.25, 0.3) is 11.1 Å². The number of nitrogens with zero attached hydrogens (tertiary/aromatic N) is 1. The second kappa shape index (κ2) is 6.32. The third-order valence-electron chi connectivity index (χ3n) is 4.20. The zero-order valence-corrected chi connectivity index (χ0v) is 14.7. The summed E-state index contributed by atoms with van der Waals surface area (Å²) in [6, 6.07) is 6.08. The molecule has 3 rings (SSSR count). The number of rotatable bonds is 3. The van der Waals surface area contributed by atoms with Gasteiger partial charge in [0.2, 0.25) is 0 Å². The van der Waals surface area contributed by atoms with Crippen molar-refractivity contribution in [3.63, 3.8) is 0 Å². The number of aryl methyl sites for hydroxylation is 2. The van der Waals surface area contributed by atoms with Gasteiger partial charge in [-0.25, -0.2) is 9.78 Å². The van der Waals surface area contributed by atoms with Crippen LogP contribution in [0.4, 0.5) is 0 Å². The molecule has 1 aliphatic rings. The van der Waals surface area contributed by atoms with Crippen LogP contribution in [0.5, 0.6) is 5.75 Å². The van der Waals surface area contributed by atoms with Crippen LogP contribution in [0.3, 0.4) is 0 Å². The first kappa shape index (κ1) is 16.0. The van der Waals surface area contributed by atoms with E-state index in [9.17, 15) is 9.90 Å². The first-order chi connectivity index (χ1) is 11.0. The van der Waals surface area contributed by atoms with Gasteiger partial charge in [0.15, 0.2) is 5.69 Å².